The van der Waals surface area contributed by atoms with Crippen molar-refractivity contribution in [2.24, 2.45) is 5.92 Å². The quantitative estimate of drug-likeness (QED) is 0.731. The maximum Gasteiger partial charge on any atom is 0.341 e. The lowest BCUT2D eigenvalue weighted by Gasteiger charge is -2.18. The van der Waals surface area contributed by atoms with E-state index in [1.165, 1.54) is 0 Å². The Morgan fingerprint density at radius 3 is 2.07 bits per heavy atom. The summed E-state index contributed by atoms with van der Waals surface area (Å²) in [4.78, 5) is 24.6. The molecule has 144 valence electrons. The van der Waals surface area contributed by atoms with Gasteiger partial charge in [-0.25, -0.2) is 4.79 Å². The molecule has 0 bridgehead atoms. The summed E-state index contributed by atoms with van der Waals surface area (Å²) in [5.74, 6) is 0.613. The average Bonchev–Trinajstić information content (AvgIpc) is 2.65. The first-order chi connectivity index (χ1) is 12.8. The van der Waals surface area contributed by atoms with E-state index in [-0.39, 0.29) is 12.3 Å². The van der Waals surface area contributed by atoms with Gasteiger partial charge in [0.05, 0.1) is 13.0 Å². The van der Waals surface area contributed by atoms with Crippen LogP contribution in [0.1, 0.15) is 19.4 Å². The van der Waals surface area contributed by atoms with E-state index in [0.29, 0.717) is 24.0 Å². The van der Waals surface area contributed by atoms with E-state index in [1.807, 2.05) is 24.3 Å². The summed E-state index contributed by atoms with van der Waals surface area (Å²) < 4.78 is 10.7. The molecule has 0 aromatic heterocycles. The Kier molecular flexibility index (Phi) is 7.23. The van der Waals surface area contributed by atoms with Crippen molar-refractivity contribution in [2.45, 2.75) is 20.3 Å². The number of likely N-dealkylation sites (N-methyl/N-ethyl adjacent to an activating group) is 1. The number of anilines is 1. The highest BCUT2D eigenvalue weighted by atomic mass is 16.5. The standard InChI is InChI=1S/C21H25NO5/c1-15(2)13-26-18-8-4-16(5-9-18)12-20(23)22(3)17-6-10-19(11-7-17)27-14-21(24)25/h4-11,15H,12-14H2,1-3H3,(H,24,25). The smallest absolute Gasteiger partial charge is 0.341 e. The number of carbonyl (C=O) groups excluding carboxylic acids is 1. The number of aliphatic carboxylic acids is 1. The Morgan fingerprint density at radius 2 is 1.52 bits per heavy atom. The first kappa shape index (κ1) is 20.3. The number of amides is 1. The van der Waals surface area contributed by atoms with Gasteiger partial charge in [-0.15, -0.1) is 0 Å². The molecular formula is C21H25NO5. The van der Waals surface area contributed by atoms with Gasteiger partial charge in [-0.3, -0.25) is 4.79 Å². The minimum atomic E-state index is -1.04. The zero-order chi connectivity index (χ0) is 19.8. The van der Waals surface area contributed by atoms with E-state index in [9.17, 15) is 9.59 Å². The fraction of sp³-hybridized carbons (Fsp3) is 0.333. The van der Waals surface area contributed by atoms with Crippen LogP contribution in [0.15, 0.2) is 48.5 Å². The molecule has 0 aliphatic heterocycles. The highest BCUT2D eigenvalue weighted by Gasteiger charge is 2.12. The molecular weight excluding hydrogens is 346 g/mol. The fourth-order valence-electron chi connectivity index (χ4n) is 2.31. The Labute approximate surface area is 159 Å². The van der Waals surface area contributed by atoms with Crippen molar-refractivity contribution in [1.82, 2.24) is 0 Å². The van der Waals surface area contributed by atoms with E-state index in [2.05, 4.69) is 13.8 Å². The van der Waals surface area contributed by atoms with Crippen molar-refractivity contribution < 1.29 is 24.2 Å². The second-order valence-corrected chi connectivity index (χ2v) is 6.65. The van der Waals surface area contributed by atoms with Gasteiger partial charge in [-0.1, -0.05) is 26.0 Å². The van der Waals surface area contributed by atoms with Gasteiger partial charge in [0.2, 0.25) is 5.91 Å². The highest BCUT2D eigenvalue weighted by molar-refractivity contribution is 5.94. The number of carbonyl (C=O) groups is 2. The third kappa shape index (κ3) is 6.66. The molecule has 1 N–H and O–H groups in total. The molecule has 0 aliphatic carbocycles. The normalized spacial score (nSPS) is 10.5. The van der Waals surface area contributed by atoms with Gasteiger partial charge in [0.1, 0.15) is 11.5 Å². The summed E-state index contributed by atoms with van der Waals surface area (Å²) in [6.07, 6.45) is 0.276. The molecule has 1 amide bonds. The van der Waals surface area contributed by atoms with Crippen LogP contribution in [0, 0.1) is 5.92 Å². The van der Waals surface area contributed by atoms with Gasteiger partial charge in [-0.05, 0) is 47.9 Å². The summed E-state index contributed by atoms with van der Waals surface area (Å²) in [5.41, 5.74) is 1.62. The highest BCUT2D eigenvalue weighted by Crippen LogP contribution is 2.20. The number of carboxylic acid groups (broad SMARTS) is 1. The van der Waals surface area contributed by atoms with E-state index in [0.717, 1.165) is 11.3 Å². The predicted molar refractivity (Wildman–Crippen MR) is 103 cm³/mol. The van der Waals surface area contributed by atoms with Crippen LogP contribution in [0.3, 0.4) is 0 Å². The number of hydrogen-bond donors (Lipinski definition) is 1. The summed E-state index contributed by atoms with van der Waals surface area (Å²) in [7, 11) is 1.70. The number of rotatable bonds is 9. The lowest BCUT2D eigenvalue weighted by Crippen LogP contribution is -2.27. The monoisotopic (exact) mass is 371 g/mol. The zero-order valence-electron chi connectivity index (χ0n) is 15.8. The summed E-state index contributed by atoms with van der Waals surface area (Å²) in [6.45, 7) is 4.44. The molecule has 0 fully saturated rings. The third-order valence-corrected chi connectivity index (χ3v) is 3.82. The molecule has 2 aromatic carbocycles. The SMILES string of the molecule is CC(C)COc1ccc(CC(=O)N(C)c2ccc(OCC(=O)O)cc2)cc1. The van der Waals surface area contributed by atoms with E-state index < -0.39 is 12.6 Å². The molecule has 6 nitrogen and oxygen atoms in total. The van der Waals surface area contributed by atoms with Crippen molar-refractivity contribution in [1.29, 1.82) is 0 Å². The first-order valence-corrected chi connectivity index (χ1v) is 8.78. The minimum Gasteiger partial charge on any atom is -0.493 e. The van der Waals surface area contributed by atoms with Gasteiger partial charge in [0.15, 0.2) is 6.61 Å². The van der Waals surface area contributed by atoms with Crippen molar-refractivity contribution in [3.8, 4) is 11.5 Å². The molecule has 2 aromatic rings. The second-order valence-electron chi connectivity index (χ2n) is 6.65. The average molecular weight is 371 g/mol. The summed E-state index contributed by atoms with van der Waals surface area (Å²) in [6, 6.07) is 14.3. The van der Waals surface area contributed by atoms with Crippen LogP contribution in [0.2, 0.25) is 0 Å². The number of carboxylic acids is 1. The molecule has 0 atom stereocenters. The number of hydrogen-bond acceptors (Lipinski definition) is 4. The lowest BCUT2D eigenvalue weighted by atomic mass is 10.1. The molecule has 0 saturated heterocycles. The van der Waals surface area contributed by atoms with Gasteiger partial charge < -0.3 is 19.5 Å². The van der Waals surface area contributed by atoms with Gasteiger partial charge >= 0.3 is 5.97 Å². The Morgan fingerprint density at radius 1 is 0.963 bits per heavy atom. The summed E-state index contributed by atoms with van der Waals surface area (Å²) in [5, 5.41) is 8.62. The van der Waals surface area contributed by atoms with Gasteiger partial charge in [0, 0.05) is 12.7 Å². The zero-order valence-corrected chi connectivity index (χ0v) is 15.8. The van der Waals surface area contributed by atoms with Crippen molar-refractivity contribution in [2.75, 3.05) is 25.2 Å². The van der Waals surface area contributed by atoms with Crippen molar-refractivity contribution in [3.05, 3.63) is 54.1 Å². The van der Waals surface area contributed by atoms with Crippen LogP contribution < -0.4 is 14.4 Å². The number of nitrogens with zero attached hydrogens (tertiary/aromatic N) is 1. The van der Waals surface area contributed by atoms with Crippen LogP contribution in [0.4, 0.5) is 5.69 Å². The maximum atomic E-state index is 12.5. The molecule has 0 aliphatic rings. The van der Waals surface area contributed by atoms with Crippen LogP contribution in [0.5, 0.6) is 11.5 Å². The molecule has 0 saturated carbocycles. The number of ether oxygens (including phenoxy) is 2. The molecule has 0 radical (unpaired) electrons. The number of benzene rings is 2. The molecule has 2 rings (SSSR count). The Balaban J connectivity index is 1.91. The van der Waals surface area contributed by atoms with Gasteiger partial charge in [0.25, 0.3) is 0 Å². The molecule has 0 unspecified atom stereocenters. The van der Waals surface area contributed by atoms with Crippen molar-refractivity contribution >= 4 is 17.6 Å². The lowest BCUT2D eigenvalue weighted by molar-refractivity contribution is -0.139. The Bertz CT molecular complexity index is 753. The van der Waals surface area contributed by atoms with E-state index in [1.54, 1.807) is 36.2 Å². The molecule has 6 heteroatoms. The van der Waals surface area contributed by atoms with Gasteiger partial charge in [-0.2, -0.15) is 0 Å². The third-order valence-electron chi connectivity index (χ3n) is 3.82. The molecule has 0 heterocycles. The molecule has 27 heavy (non-hydrogen) atoms. The minimum absolute atomic E-state index is 0.0509. The van der Waals surface area contributed by atoms with E-state index in [4.69, 9.17) is 14.6 Å². The van der Waals surface area contributed by atoms with Crippen LogP contribution in [0.25, 0.3) is 0 Å². The van der Waals surface area contributed by atoms with Crippen LogP contribution >= 0.6 is 0 Å². The second kappa shape index (κ2) is 9.62. The fourth-order valence-corrected chi connectivity index (χ4v) is 2.31. The topological polar surface area (TPSA) is 76.1 Å². The van der Waals surface area contributed by atoms with Crippen LogP contribution in [-0.4, -0.2) is 37.2 Å². The van der Waals surface area contributed by atoms with Crippen LogP contribution in [-0.2, 0) is 16.0 Å². The Hall–Kier alpha value is -3.02. The summed E-state index contributed by atoms with van der Waals surface area (Å²) >= 11 is 0. The first-order valence-electron chi connectivity index (χ1n) is 8.78. The largest absolute Gasteiger partial charge is 0.493 e. The maximum absolute atomic E-state index is 12.5. The van der Waals surface area contributed by atoms with Crippen molar-refractivity contribution in [3.63, 3.8) is 0 Å². The van der Waals surface area contributed by atoms with E-state index >= 15 is 0 Å². The molecule has 0 spiro atoms. The predicted octanol–water partition coefficient (Wildman–Crippen LogP) is 3.39.